The highest BCUT2D eigenvalue weighted by atomic mass is 32.1. The number of likely N-dealkylation sites (N-methyl/N-ethyl adjacent to an activating group) is 1. The van der Waals surface area contributed by atoms with Crippen LogP contribution in [0.15, 0.2) is 48.5 Å². The highest BCUT2D eigenvalue weighted by Crippen LogP contribution is 2.19. The molecule has 0 saturated heterocycles. The Bertz CT molecular complexity index is 1030. The average Bonchev–Trinajstić information content (AvgIpc) is 3.13. The predicted octanol–water partition coefficient (Wildman–Crippen LogP) is 3.85. The van der Waals surface area contributed by atoms with Gasteiger partial charge in [-0.05, 0) is 43.4 Å². The van der Waals surface area contributed by atoms with Crippen molar-refractivity contribution in [2.75, 3.05) is 27.3 Å². The molecule has 0 unspecified atom stereocenters. The van der Waals surface area contributed by atoms with Gasteiger partial charge in [0, 0.05) is 25.6 Å². The molecule has 8 heteroatoms. The number of aromatic nitrogens is 3. The summed E-state index contributed by atoms with van der Waals surface area (Å²) >= 11 is 5.35. The first-order valence-corrected chi connectivity index (χ1v) is 10.1. The summed E-state index contributed by atoms with van der Waals surface area (Å²) in [5.41, 5.74) is 2.13. The number of ether oxygens (including phenoxy) is 2. The monoisotopic (exact) mass is 426 g/mol. The zero-order chi connectivity index (χ0) is 21.5. The van der Waals surface area contributed by atoms with Crippen molar-refractivity contribution in [3.8, 4) is 22.9 Å². The fourth-order valence-electron chi connectivity index (χ4n) is 2.94. The average molecular weight is 427 g/mol. The van der Waals surface area contributed by atoms with E-state index in [0.717, 1.165) is 22.9 Å². The number of carbonyl (C=O) groups excluding carboxylic acids is 1. The Balaban J connectivity index is 1.52. The van der Waals surface area contributed by atoms with Crippen LogP contribution in [0.4, 0.5) is 0 Å². The van der Waals surface area contributed by atoms with Crippen LogP contribution in [0.2, 0.25) is 0 Å². The summed E-state index contributed by atoms with van der Waals surface area (Å²) in [5, 5.41) is 7.15. The molecule has 1 N–H and O–H groups in total. The van der Waals surface area contributed by atoms with E-state index in [1.54, 1.807) is 19.1 Å². The van der Waals surface area contributed by atoms with Gasteiger partial charge in [-0.1, -0.05) is 29.8 Å². The number of H-pyrrole nitrogens is 1. The molecule has 0 saturated carbocycles. The van der Waals surface area contributed by atoms with E-state index < -0.39 is 0 Å². The van der Waals surface area contributed by atoms with E-state index in [2.05, 4.69) is 10.2 Å². The molecule has 0 bridgehead atoms. The van der Waals surface area contributed by atoms with Gasteiger partial charge in [0.1, 0.15) is 18.1 Å². The van der Waals surface area contributed by atoms with Crippen molar-refractivity contribution in [1.29, 1.82) is 0 Å². The number of nitrogens with zero attached hydrogens (tertiary/aromatic N) is 3. The smallest absolute Gasteiger partial charge is 0.224 e. The Kier molecular flexibility index (Phi) is 7.24. The molecule has 0 aliphatic rings. The van der Waals surface area contributed by atoms with Gasteiger partial charge in [0.15, 0.2) is 10.6 Å². The second-order valence-electron chi connectivity index (χ2n) is 6.96. The Labute approximate surface area is 181 Å². The van der Waals surface area contributed by atoms with Crippen molar-refractivity contribution in [3.05, 3.63) is 58.9 Å². The van der Waals surface area contributed by atoms with E-state index in [9.17, 15) is 4.79 Å². The van der Waals surface area contributed by atoms with Crippen molar-refractivity contribution in [2.24, 2.45) is 0 Å². The van der Waals surface area contributed by atoms with Crippen molar-refractivity contribution >= 4 is 18.1 Å². The number of methoxy groups -OCH3 is 1. The second-order valence-corrected chi connectivity index (χ2v) is 7.35. The lowest BCUT2D eigenvalue weighted by molar-refractivity contribution is -0.130. The first kappa shape index (κ1) is 21.6. The minimum Gasteiger partial charge on any atom is -0.497 e. The fraction of sp³-hybridized carbons (Fsp3) is 0.318. The maximum Gasteiger partial charge on any atom is 0.224 e. The Morgan fingerprint density at radius 1 is 1.13 bits per heavy atom. The lowest BCUT2D eigenvalue weighted by atomic mass is 10.1. The maximum absolute atomic E-state index is 12.5. The third-order valence-electron chi connectivity index (χ3n) is 4.80. The van der Waals surface area contributed by atoms with Crippen LogP contribution in [0.25, 0.3) is 11.4 Å². The van der Waals surface area contributed by atoms with Crippen molar-refractivity contribution in [1.82, 2.24) is 19.7 Å². The van der Waals surface area contributed by atoms with Gasteiger partial charge in [0.2, 0.25) is 5.91 Å². The molecule has 0 aliphatic carbocycles. The van der Waals surface area contributed by atoms with E-state index in [4.69, 9.17) is 21.7 Å². The normalized spacial score (nSPS) is 10.6. The third-order valence-corrected chi connectivity index (χ3v) is 5.11. The van der Waals surface area contributed by atoms with Gasteiger partial charge in [-0.15, -0.1) is 0 Å². The molecule has 1 aromatic heterocycles. The molecule has 30 heavy (non-hydrogen) atoms. The maximum atomic E-state index is 12.5. The lowest BCUT2D eigenvalue weighted by Crippen LogP contribution is -2.31. The van der Waals surface area contributed by atoms with Gasteiger partial charge in [-0.3, -0.25) is 14.5 Å². The van der Waals surface area contributed by atoms with Crippen LogP contribution in [0.5, 0.6) is 11.5 Å². The summed E-state index contributed by atoms with van der Waals surface area (Å²) in [6.07, 6.45) is 0.325. The number of hydrogen-bond acceptors (Lipinski definition) is 5. The van der Waals surface area contributed by atoms with Crippen molar-refractivity contribution < 1.29 is 14.3 Å². The molecule has 0 atom stereocenters. The molecule has 0 fully saturated rings. The van der Waals surface area contributed by atoms with Crippen LogP contribution in [0.1, 0.15) is 12.0 Å². The van der Waals surface area contributed by atoms with Gasteiger partial charge < -0.3 is 14.4 Å². The van der Waals surface area contributed by atoms with Crippen LogP contribution in [-0.4, -0.2) is 52.9 Å². The zero-order valence-corrected chi connectivity index (χ0v) is 18.2. The number of aromatic amines is 1. The van der Waals surface area contributed by atoms with Gasteiger partial charge in [0.25, 0.3) is 0 Å². The fourth-order valence-corrected chi connectivity index (χ4v) is 3.17. The number of rotatable bonds is 9. The highest BCUT2D eigenvalue weighted by Gasteiger charge is 2.13. The third kappa shape index (κ3) is 5.48. The molecule has 1 amide bonds. The summed E-state index contributed by atoms with van der Waals surface area (Å²) in [7, 11) is 3.40. The van der Waals surface area contributed by atoms with E-state index in [1.165, 1.54) is 5.56 Å². The first-order chi connectivity index (χ1) is 14.5. The Morgan fingerprint density at radius 2 is 1.80 bits per heavy atom. The minimum absolute atomic E-state index is 0.0197. The van der Waals surface area contributed by atoms with Gasteiger partial charge >= 0.3 is 0 Å². The Hall–Kier alpha value is -3.13. The SMILES string of the molecule is COc1ccc(OCCN(C)C(=O)CCn2c(-c3ccc(C)cc3)n[nH]c2=S)cc1. The largest absolute Gasteiger partial charge is 0.497 e. The molecular weight excluding hydrogens is 400 g/mol. The van der Waals surface area contributed by atoms with Gasteiger partial charge in [0.05, 0.1) is 13.7 Å². The van der Waals surface area contributed by atoms with Crippen LogP contribution in [0.3, 0.4) is 0 Å². The van der Waals surface area contributed by atoms with E-state index in [-0.39, 0.29) is 5.91 Å². The minimum atomic E-state index is 0.0197. The molecular formula is C22H26N4O3S. The summed E-state index contributed by atoms with van der Waals surface area (Å²) in [5.74, 6) is 2.27. The zero-order valence-electron chi connectivity index (χ0n) is 17.4. The number of aryl methyl sites for hydroxylation is 1. The van der Waals surface area contributed by atoms with E-state index >= 15 is 0 Å². The number of hydrogen-bond donors (Lipinski definition) is 1. The van der Waals surface area contributed by atoms with Gasteiger partial charge in [-0.25, -0.2) is 0 Å². The van der Waals surface area contributed by atoms with E-state index in [1.807, 2.05) is 60.0 Å². The highest BCUT2D eigenvalue weighted by molar-refractivity contribution is 7.71. The number of nitrogens with one attached hydrogen (secondary N) is 1. The molecule has 0 radical (unpaired) electrons. The topological polar surface area (TPSA) is 72.4 Å². The standard InChI is InChI=1S/C22H26N4O3S/c1-16-4-6-17(7-5-16)21-23-24-22(30)26(21)13-12-20(27)25(2)14-15-29-19-10-8-18(28-3)9-11-19/h4-11H,12-15H2,1-3H3,(H,24,30). The van der Waals surface area contributed by atoms with E-state index in [0.29, 0.717) is 30.9 Å². The first-order valence-electron chi connectivity index (χ1n) is 9.71. The van der Waals surface area contributed by atoms with Crippen LogP contribution < -0.4 is 9.47 Å². The number of amides is 1. The molecule has 158 valence electrons. The van der Waals surface area contributed by atoms with Crippen molar-refractivity contribution in [3.63, 3.8) is 0 Å². The molecule has 3 aromatic rings. The molecule has 3 rings (SSSR count). The number of carbonyl (C=O) groups is 1. The summed E-state index contributed by atoms with van der Waals surface area (Å²) in [6, 6.07) is 15.4. The molecule has 7 nitrogen and oxygen atoms in total. The Morgan fingerprint density at radius 3 is 2.47 bits per heavy atom. The predicted molar refractivity (Wildman–Crippen MR) is 118 cm³/mol. The van der Waals surface area contributed by atoms with Crippen LogP contribution in [0, 0.1) is 11.7 Å². The summed E-state index contributed by atoms with van der Waals surface area (Å²) in [4.78, 5) is 14.2. The molecule has 0 spiro atoms. The van der Waals surface area contributed by atoms with Gasteiger partial charge in [-0.2, -0.15) is 5.10 Å². The van der Waals surface area contributed by atoms with Crippen LogP contribution in [-0.2, 0) is 11.3 Å². The van der Waals surface area contributed by atoms with Crippen LogP contribution >= 0.6 is 12.2 Å². The molecule has 1 heterocycles. The van der Waals surface area contributed by atoms with Crippen molar-refractivity contribution in [2.45, 2.75) is 19.9 Å². The molecule has 0 aliphatic heterocycles. The second kappa shape index (κ2) is 10.1. The number of benzene rings is 2. The quantitative estimate of drug-likeness (QED) is 0.526. The summed E-state index contributed by atoms with van der Waals surface area (Å²) in [6.45, 7) is 3.40. The molecule has 2 aromatic carbocycles. The summed E-state index contributed by atoms with van der Waals surface area (Å²) < 4.78 is 13.2. The lowest BCUT2D eigenvalue weighted by Gasteiger charge is -2.18.